The first-order chi connectivity index (χ1) is 9.85. The number of hydrogen-bond donors (Lipinski definition) is 3. The highest BCUT2D eigenvalue weighted by Crippen LogP contribution is 2.33. The number of fused-ring (bicyclic) bond motifs is 1. The highest BCUT2D eigenvalue weighted by Gasteiger charge is 2.17. The minimum Gasteiger partial charge on any atom is -0.481 e. The summed E-state index contributed by atoms with van der Waals surface area (Å²) < 4.78 is 26.0. The van der Waals surface area contributed by atoms with Crippen LogP contribution in [0.3, 0.4) is 0 Å². The fraction of sp³-hybridized carbons (Fsp3) is 0.333. The van der Waals surface area contributed by atoms with Crippen LogP contribution in [-0.2, 0) is 19.6 Å². The summed E-state index contributed by atoms with van der Waals surface area (Å²) in [6.45, 7) is 0. The number of amides is 1. The molecule has 7 nitrogen and oxygen atoms in total. The lowest BCUT2D eigenvalue weighted by Gasteiger charge is -2.17. The molecule has 0 radical (unpaired) electrons. The van der Waals surface area contributed by atoms with E-state index in [-0.39, 0.29) is 24.5 Å². The van der Waals surface area contributed by atoms with E-state index in [2.05, 4.69) is 10.0 Å². The van der Waals surface area contributed by atoms with Crippen LogP contribution in [0.15, 0.2) is 23.1 Å². The van der Waals surface area contributed by atoms with E-state index in [0.29, 0.717) is 17.1 Å². The molecule has 1 amide bonds. The number of thioether (sulfide) groups is 1. The summed E-state index contributed by atoms with van der Waals surface area (Å²) in [4.78, 5) is 22.6. The molecule has 0 saturated heterocycles. The van der Waals surface area contributed by atoms with Crippen LogP contribution >= 0.6 is 11.8 Å². The van der Waals surface area contributed by atoms with Crippen LogP contribution in [-0.4, -0.2) is 36.9 Å². The SMILES string of the molecule is O=C(O)CCCS(=O)(=O)Nc1ccc2c(c1)NC(=O)CS2. The molecule has 1 aliphatic heterocycles. The van der Waals surface area contributed by atoms with Gasteiger partial charge >= 0.3 is 5.97 Å². The second-order valence-electron chi connectivity index (χ2n) is 4.47. The molecule has 1 aromatic rings. The monoisotopic (exact) mass is 330 g/mol. The van der Waals surface area contributed by atoms with E-state index in [1.807, 2.05) is 0 Å². The normalized spacial score (nSPS) is 14.2. The van der Waals surface area contributed by atoms with Gasteiger partial charge in [0.25, 0.3) is 0 Å². The van der Waals surface area contributed by atoms with Crippen LogP contribution in [0.2, 0.25) is 0 Å². The molecule has 0 aliphatic carbocycles. The van der Waals surface area contributed by atoms with Crippen molar-refractivity contribution in [2.45, 2.75) is 17.7 Å². The summed E-state index contributed by atoms with van der Waals surface area (Å²) in [5.74, 6) is -1.09. The molecule has 114 valence electrons. The Kier molecular flexibility index (Phi) is 4.73. The van der Waals surface area contributed by atoms with Gasteiger partial charge in [-0.1, -0.05) is 0 Å². The molecule has 1 aromatic carbocycles. The lowest BCUT2D eigenvalue weighted by atomic mass is 10.3. The van der Waals surface area contributed by atoms with Crippen molar-refractivity contribution in [3.63, 3.8) is 0 Å². The third kappa shape index (κ3) is 4.64. The Balaban J connectivity index is 2.04. The van der Waals surface area contributed by atoms with Gasteiger partial charge < -0.3 is 10.4 Å². The van der Waals surface area contributed by atoms with E-state index in [1.165, 1.54) is 11.8 Å². The number of carboxylic acid groups (broad SMARTS) is 1. The van der Waals surface area contributed by atoms with Gasteiger partial charge in [0.05, 0.1) is 22.9 Å². The third-order valence-corrected chi connectivity index (χ3v) is 5.14. The molecular weight excluding hydrogens is 316 g/mol. The maximum Gasteiger partial charge on any atom is 0.303 e. The van der Waals surface area contributed by atoms with E-state index in [0.717, 1.165) is 4.90 Å². The molecule has 2 rings (SSSR count). The van der Waals surface area contributed by atoms with Crippen LogP contribution < -0.4 is 10.0 Å². The van der Waals surface area contributed by atoms with E-state index >= 15 is 0 Å². The van der Waals surface area contributed by atoms with Crippen molar-refractivity contribution in [2.24, 2.45) is 0 Å². The summed E-state index contributed by atoms with van der Waals surface area (Å²) >= 11 is 1.39. The maximum absolute atomic E-state index is 11.8. The Morgan fingerprint density at radius 3 is 2.90 bits per heavy atom. The number of anilines is 2. The van der Waals surface area contributed by atoms with Gasteiger partial charge in [0.2, 0.25) is 15.9 Å². The molecule has 9 heteroatoms. The predicted molar refractivity (Wildman–Crippen MR) is 80.1 cm³/mol. The molecule has 21 heavy (non-hydrogen) atoms. The Hall–Kier alpha value is -1.74. The van der Waals surface area contributed by atoms with E-state index < -0.39 is 16.0 Å². The molecule has 0 fully saturated rings. The Morgan fingerprint density at radius 2 is 2.19 bits per heavy atom. The third-order valence-electron chi connectivity index (χ3n) is 2.69. The fourth-order valence-corrected chi connectivity index (χ4v) is 3.69. The lowest BCUT2D eigenvalue weighted by Crippen LogP contribution is -2.20. The van der Waals surface area contributed by atoms with Crippen LogP contribution in [0.1, 0.15) is 12.8 Å². The smallest absolute Gasteiger partial charge is 0.303 e. The number of rotatable bonds is 6. The summed E-state index contributed by atoms with van der Waals surface area (Å²) in [7, 11) is -3.60. The van der Waals surface area contributed by atoms with Crippen molar-refractivity contribution < 1.29 is 23.1 Å². The fourth-order valence-electron chi connectivity index (χ4n) is 1.79. The van der Waals surface area contributed by atoms with Crippen molar-refractivity contribution >= 4 is 45.0 Å². The van der Waals surface area contributed by atoms with Gasteiger partial charge in [0.1, 0.15) is 0 Å². The van der Waals surface area contributed by atoms with Crippen LogP contribution in [0, 0.1) is 0 Å². The van der Waals surface area contributed by atoms with Crippen molar-refractivity contribution in [1.29, 1.82) is 0 Å². The number of carboxylic acids is 1. The average molecular weight is 330 g/mol. The molecule has 0 aromatic heterocycles. The second kappa shape index (κ2) is 6.35. The minimum absolute atomic E-state index is 0.0438. The van der Waals surface area contributed by atoms with E-state index in [9.17, 15) is 18.0 Å². The first kappa shape index (κ1) is 15.6. The first-order valence-electron chi connectivity index (χ1n) is 6.15. The molecule has 0 bridgehead atoms. The quantitative estimate of drug-likeness (QED) is 0.725. The Bertz CT molecular complexity index is 672. The zero-order valence-electron chi connectivity index (χ0n) is 11.0. The highest BCUT2D eigenvalue weighted by atomic mass is 32.2. The second-order valence-corrected chi connectivity index (χ2v) is 7.33. The highest BCUT2D eigenvalue weighted by molar-refractivity contribution is 8.00. The van der Waals surface area contributed by atoms with Gasteiger partial charge in [0.15, 0.2) is 0 Å². The van der Waals surface area contributed by atoms with Gasteiger partial charge in [-0.2, -0.15) is 0 Å². The number of sulfonamides is 1. The first-order valence-corrected chi connectivity index (χ1v) is 8.78. The lowest BCUT2D eigenvalue weighted by molar-refractivity contribution is -0.137. The largest absolute Gasteiger partial charge is 0.481 e. The van der Waals surface area contributed by atoms with Crippen LogP contribution in [0.4, 0.5) is 11.4 Å². The van der Waals surface area contributed by atoms with E-state index in [4.69, 9.17) is 5.11 Å². The zero-order chi connectivity index (χ0) is 15.5. The van der Waals surface area contributed by atoms with Crippen molar-refractivity contribution in [1.82, 2.24) is 0 Å². The Morgan fingerprint density at radius 1 is 1.43 bits per heavy atom. The summed E-state index contributed by atoms with van der Waals surface area (Å²) in [5.41, 5.74) is 0.911. The molecule has 1 aliphatic rings. The van der Waals surface area contributed by atoms with Crippen molar-refractivity contribution in [2.75, 3.05) is 21.5 Å². The number of benzene rings is 1. The van der Waals surface area contributed by atoms with Crippen LogP contribution in [0.25, 0.3) is 0 Å². The molecule has 0 unspecified atom stereocenters. The van der Waals surface area contributed by atoms with Gasteiger partial charge in [0, 0.05) is 11.3 Å². The van der Waals surface area contributed by atoms with Gasteiger partial charge in [-0.15, -0.1) is 11.8 Å². The van der Waals surface area contributed by atoms with Gasteiger partial charge in [-0.05, 0) is 24.6 Å². The summed E-state index contributed by atoms with van der Waals surface area (Å²) in [5, 5.41) is 11.2. The average Bonchev–Trinajstić information content (AvgIpc) is 2.36. The van der Waals surface area contributed by atoms with E-state index in [1.54, 1.807) is 18.2 Å². The van der Waals surface area contributed by atoms with Crippen molar-refractivity contribution in [3.8, 4) is 0 Å². The topological polar surface area (TPSA) is 113 Å². The number of nitrogens with one attached hydrogen (secondary N) is 2. The van der Waals surface area contributed by atoms with Crippen molar-refractivity contribution in [3.05, 3.63) is 18.2 Å². The molecule has 1 heterocycles. The molecule has 0 spiro atoms. The standard InChI is InChI=1S/C12H14N2O5S2/c15-11-7-20-10-4-3-8(6-9(10)13-11)14-21(18,19)5-1-2-12(16)17/h3-4,6,14H,1-2,5,7H2,(H,13,15)(H,16,17). The molecule has 0 atom stereocenters. The minimum atomic E-state index is -3.60. The molecular formula is C12H14N2O5S2. The number of hydrogen-bond acceptors (Lipinski definition) is 5. The maximum atomic E-state index is 11.8. The Labute approximate surface area is 126 Å². The number of carbonyl (C=O) groups is 2. The zero-order valence-corrected chi connectivity index (χ0v) is 12.6. The van der Waals surface area contributed by atoms with Gasteiger partial charge in [-0.3, -0.25) is 14.3 Å². The number of carbonyl (C=O) groups excluding carboxylic acids is 1. The van der Waals surface area contributed by atoms with Crippen LogP contribution in [0.5, 0.6) is 0 Å². The summed E-state index contributed by atoms with van der Waals surface area (Å²) in [6.07, 6.45) is -0.153. The molecule has 3 N–H and O–H groups in total. The molecule has 0 saturated carbocycles. The number of aliphatic carboxylic acids is 1. The van der Waals surface area contributed by atoms with Gasteiger partial charge in [-0.25, -0.2) is 8.42 Å². The predicted octanol–water partition coefficient (Wildman–Crippen LogP) is 1.34. The summed E-state index contributed by atoms with van der Waals surface area (Å²) in [6, 6.07) is 4.89.